The summed E-state index contributed by atoms with van der Waals surface area (Å²) in [5.41, 5.74) is 9.84. The van der Waals surface area contributed by atoms with Crippen molar-refractivity contribution in [2.75, 3.05) is 6.54 Å². The third-order valence-electron chi connectivity index (χ3n) is 3.83. The molecule has 1 aromatic carbocycles. The SMILES string of the molecule is CCc1cccc(OCc2nc3cc(C)cnc3n2CCN)c1. The minimum Gasteiger partial charge on any atom is -0.486 e. The van der Waals surface area contributed by atoms with Gasteiger partial charge in [0.2, 0.25) is 0 Å². The van der Waals surface area contributed by atoms with Gasteiger partial charge >= 0.3 is 0 Å². The molecule has 0 fully saturated rings. The molecular weight excluding hydrogens is 288 g/mol. The van der Waals surface area contributed by atoms with E-state index in [0.717, 1.165) is 34.7 Å². The Kier molecular flexibility index (Phi) is 4.57. The molecule has 3 rings (SSSR count). The first kappa shape index (κ1) is 15.5. The number of benzene rings is 1. The molecule has 0 bridgehead atoms. The van der Waals surface area contributed by atoms with E-state index in [0.29, 0.717) is 19.7 Å². The predicted molar refractivity (Wildman–Crippen MR) is 91.5 cm³/mol. The van der Waals surface area contributed by atoms with Crippen LogP contribution in [0.1, 0.15) is 23.9 Å². The van der Waals surface area contributed by atoms with Crippen molar-refractivity contribution < 1.29 is 4.74 Å². The average molecular weight is 310 g/mol. The van der Waals surface area contributed by atoms with Crippen LogP contribution < -0.4 is 10.5 Å². The summed E-state index contributed by atoms with van der Waals surface area (Å²) in [5.74, 6) is 1.71. The number of nitrogens with two attached hydrogens (primary N) is 1. The first-order chi connectivity index (χ1) is 11.2. The Labute approximate surface area is 136 Å². The van der Waals surface area contributed by atoms with E-state index in [1.165, 1.54) is 5.56 Å². The normalized spacial score (nSPS) is 11.1. The molecule has 0 atom stereocenters. The fraction of sp³-hybridized carbons (Fsp3) is 0.333. The van der Waals surface area contributed by atoms with Crippen molar-refractivity contribution in [2.45, 2.75) is 33.4 Å². The van der Waals surface area contributed by atoms with Gasteiger partial charge in [0.05, 0.1) is 0 Å². The summed E-state index contributed by atoms with van der Waals surface area (Å²) in [5, 5.41) is 0. The Morgan fingerprint density at radius 2 is 2.13 bits per heavy atom. The molecule has 120 valence electrons. The number of hydrogen-bond donors (Lipinski definition) is 1. The number of fused-ring (bicyclic) bond motifs is 1. The van der Waals surface area contributed by atoms with Gasteiger partial charge in [-0.2, -0.15) is 0 Å². The van der Waals surface area contributed by atoms with Crippen molar-refractivity contribution in [3.05, 3.63) is 53.5 Å². The van der Waals surface area contributed by atoms with Crippen molar-refractivity contribution in [1.82, 2.24) is 14.5 Å². The van der Waals surface area contributed by atoms with E-state index < -0.39 is 0 Å². The highest BCUT2D eigenvalue weighted by Gasteiger charge is 2.12. The van der Waals surface area contributed by atoms with Crippen LogP contribution in [0, 0.1) is 6.92 Å². The highest BCUT2D eigenvalue weighted by atomic mass is 16.5. The smallest absolute Gasteiger partial charge is 0.160 e. The zero-order valence-electron chi connectivity index (χ0n) is 13.6. The molecule has 3 aromatic rings. The van der Waals surface area contributed by atoms with Crippen LogP contribution >= 0.6 is 0 Å². The maximum absolute atomic E-state index is 5.93. The third-order valence-corrected chi connectivity index (χ3v) is 3.83. The number of imidazole rings is 1. The molecule has 5 heteroatoms. The second kappa shape index (κ2) is 6.79. The number of hydrogen-bond acceptors (Lipinski definition) is 4. The monoisotopic (exact) mass is 310 g/mol. The molecule has 2 heterocycles. The lowest BCUT2D eigenvalue weighted by molar-refractivity contribution is 0.290. The molecule has 0 aliphatic heterocycles. The first-order valence-electron chi connectivity index (χ1n) is 7.95. The largest absolute Gasteiger partial charge is 0.486 e. The quantitative estimate of drug-likeness (QED) is 0.760. The van der Waals surface area contributed by atoms with Gasteiger partial charge in [-0.1, -0.05) is 19.1 Å². The molecule has 23 heavy (non-hydrogen) atoms. The zero-order valence-corrected chi connectivity index (χ0v) is 13.6. The number of nitrogens with zero attached hydrogens (tertiary/aromatic N) is 3. The third kappa shape index (κ3) is 3.35. The number of rotatable bonds is 6. The highest BCUT2D eigenvalue weighted by molar-refractivity contribution is 5.72. The number of aryl methyl sites for hydroxylation is 2. The van der Waals surface area contributed by atoms with Crippen molar-refractivity contribution in [3.63, 3.8) is 0 Å². The Morgan fingerprint density at radius 1 is 1.26 bits per heavy atom. The van der Waals surface area contributed by atoms with Crippen LogP contribution in [0.4, 0.5) is 0 Å². The second-order valence-corrected chi connectivity index (χ2v) is 5.61. The van der Waals surface area contributed by atoms with Crippen LogP contribution in [0.25, 0.3) is 11.2 Å². The standard InChI is InChI=1S/C18H22N4O/c1-3-14-5-4-6-15(10-14)23-12-17-21-16-9-13(2)11-20-18(16)22(17)8-7-19/h4-6,9-11H,3,7-8,12,19H2,1-2H3. The molecule has 5 nitrogen and oxygen atoms in total. The van der Waals surface area contributed by atoms with E-state index in [-0.39, 0.29) is 0 Å². The van der Waals surface area contributed by atoms with Gasteiger partial charge in [0, 0.05) is 19.3 Å². The lowest BCUT2D eigenvalue weighted by atomic mass is 10.2. The average Bonchev–Trinajstić information content (AvgIpc) is 2.90. The van der Waals surface area contributed by atoms with Gasteiger partial charge in [-0.15, -0.1) is 0 Å². The van der Waals surface area contributed by atoms with Crippen molar-refractivity contribution in [2.24, 2.45) is 5.73 Å². The van der Waals surface area contributed by atoms with Gasteiger partial charge in [0.1, 0.15) is 23.7 Å². The maximum atomic E-state index is 5.93. The van der Waals surface area contributed by atoms with E-state index in [1.54, 1.807) is 0 Å². The van der Waals surface area contributed by atoms with E-state index in [4.69, 9.17) is 10.5 Å². The molecule has 2 N–H and O–H groups in total. The van der Waals surface area contributed by atoms with E-state index in [2.05, 4.69) is 29.0 Å². The minimum absolute atomic E-state index is 0.405. The fourth-order valence-electron chi connectivity index (χ4n) is 2.64. The molecule has 0 aliphatic carbocycles. The first-order valence-corrected chi connectivity index (χ1v) is 7.95. The van der Waals surface area contributed by atoms with Crippen molar-refractivity contribution in [1.29, 1.82) is 0 Å². The molecule has 0 spiro atoms. The maximum Gasteiger partial charge on any atom is 0.160 e. The highest BCUT2D eigenvalue weighted by Crippen LogP contribution is 2.19. The van der Waals surface area contributed by atoms with Gasteiger partial charge in [-0.3, -0.25) is 0 Å². The number of pyridine rings is 1. The Bertz CT molecular complexity index is 810. The Hall–Kier alpha value is -2.40. The van der Waals surface area contributed by atoms with Crippen molar-refractivity contribution >= 4 is 11.2 Å². The summed E-state index contributed by atoms with van der Waals surface area (Å²) in [6.07, 6.45) is 2.85. The van der Waals surface area contributed by atoms with E-state index in [9.17, 15) is 0 Å². The molecule has 0 unspecified atom stereocenters. The summed E-state index contributed by atoms with van der Waals surface area (Å²) < 4.78 is 7.97. The second-order valence-electron chi connectivity index (χ2n) is 5.61. The van der Waals surface area contributed by atoms with Crippen molar-refractivity contribution in [3.8, 4) is 5.75 Å². The summed E-state index contributed by atoms with van der Waals surface area (Å²) in [6.45, 7) is 5.77. The summed E-state index contributed by atoms with van der Waals surface area (Å²) >= 11 is 0. The van der Waals surface area contributed by atoms with Crippen LogP contribution in [0.2, 0.25) is 0 Å². The lowest BCUT2D eigenvalue weighted by Gasteiger charge is -2.09. The summed E-state index contributed by atoms with van der Waals surface area (Å²) in [4.78, 5) is 9.16. The fourth-order valence-corrected chi connectivity index (χ4v) is 2.64. The molecule has 2 aromatic heterocycles. The summed E-state index contributed by atoms with van der Waals surface area (Å²) in [7, 11) is 0. The van der Waals surface area contributed by atoms with E-state index >= 15 is 0 Å². The number of ether oxygens (including phenoxy) is 1. The van der Waals surface area contributed by atoms with Gasteiger partial charge < -0.3 is 15.0 Å². The van der Waals surface area contributed by atoms with Crippen LogP contribution in [-0.4, -0.2) is 21.1 Å². The zero-order chi connectivity index (χ0) is 16.2. The van der Waals surface area contributed by atoms with Gasteiger partial charge in [0.25, 0.3) is 0 Å². The minimum atomic E-state index is 0.405. The molecule has 0 amide bonds. The van der Waals surface area contributed by atoms with Gasteiger partial charge in [0.15, 0.2) is 5.65 Å². The lowest BCUT2D eigenvalue weighted by Crippen LogP contribution is -2.14. The molecule has 0 radical (unpaired) electrons. The summed E-state index contributed by atoms with van der Waals surface area (Å²) in [6, 6.07) is 10.2. The Morgan fingerprint density at radius 3 is 2.91 bits per heavy atom. The Balaban J connectivity index is 1.87. The predicted octanol–water partition coefficient (Wildman–Crippen LogP) is 2.84. The van der Waals surface area contributed by atoms with Gasteiger partial charge in [-0.25, -0.2) is 9.97 Å². The number of aromatic nitrogens is 3. The van der Waals surface area contributed by atoms with Crippen LogP contribution in [-0.2, 0) is 19.6 Å². The van der Waals surface area contributed by atoms with Crippen LogP contribution in [0.3, 0.4) is 0 Å². The van der Waals surface area contributed by atoms with Gasteiger partial charge in [-0.05, 0) is 42.7 Å². The molecule has 0 saturated heterocycles. The van der Waals surface area contributed by atoms with Crippen LogP contribution in [0.5, 0.6) is 5.75 Å². The topological polar surface area (TPSA) is 66.0 Å². The molecule has 0 saturated carbocycles. The molecule has 0 aliphatic rings. The van der Waals surface area contributed by atoms with E-state index in [1.807, 2.05) is 35.9 Å². The molecular formula is C18H22N4O. The van der Waals surface area contributed by atoms with Crippen LogP contribution in [0.15, 0.2) is 36.5 Å².